The Bertz CT molecular complexity index is 1340. The molecule has 3 aromatic carbocycles. The lowest BCUT2D eigenvalue weighted by Gasteiger charge is -2.32. The van der Waals surface area contributed by atoms with Crippen LogP contribution in [0, 0.1) is 6.92 Å². The van der Waals surface area contributed by atoms with Crippen LogP contribution >= 0.6 is 0 Å². The van der Waals surface area contributed by atoms with Gasteiger partial charge in [0.1, 0.15) is 18.3 Å². The van der Waals surface area contributed by atoms with Gasteiger partial charge in [-0.05, 0) is 69.2 Å². The Hall–Kier alpha value is -3.85. The van der Waals surface area contributed by atoms with Crippen LogP contribution in [-0.4, -0.2) is 50.9 Å². The van der Waals surface area contributed by atoms with Crippen molar-refractivity contribution in [2.75, 3.05) is 24.0 Å². The Morgan fingerprint density at radius 2 is 1.64 bits per heavy atom. The number of carbonyl (C=O) groups is 2. The highest BCUT2D eigenvalue weighted by atomic mass is 32.2. The van der Waals surface area contributed by atoms with Gasteiger partial charge in [-0.2, -0.15) is 0 Å². The molecule has 9 heteroatoms. The Labute approximate surface area is 231 Å². The summed E-state index contributed by atoms with van der Waals surface area (Å²) >= 11 is 0. The lowest BCUT2D eigenvalue weighted by molar-refractivity contribution is -0.139. The van der Waals surface area contributed by atoms with E-state index in [-0.39, 0.29) is 17.3 Å². The number of rotatable bonds is 13. The van der Waals surface area contributed by atoms with Gasteiger partial charge in [0.25, 0.3) is 10.0 Å². The molecule has 0 bridgehead atoms. The van der Waals surface area contributed by atoms with Gasteiger partial charge in [0.15, 0.2) is 0 Å². The van der Waals surface area contributed by atoms with Crippen molar-refractivity contribution in [3.63, 3.8) is 0 Å². The fourth-order valence-electron chi connectivity index (χ4n) is 4.11. The Kier molecular flexibility index (Phi) is 10.5. The molecule has 39 heavy (non-hydrogen) atoms. The smallest absolute Gasteiger partial charge is 0.264 e. The van der Waals surface area contributed by atoms with Gasteiger partial charge in [-0.3, -0.25) is 13.9 Å². The van der Waals surface area contributed by atoms with E-state index in [0.717, 1.165) is 21.9 Å². The number of nitrogens with zero attached hydrogens (tertiary/aromatic N) is 2. The number of amides is 2. The average molecular weight is 552 g/mol. The van der Waals surface area contributed by atoms with E-state index < -0.39 is 28.5 Å². The molecule has 0 heterocycles. The molecule has 8 nitrogen and oxygen atoms in total. The summed E-state index contributed by atoms with van der Waals surface area (Å²) in [6.45, 7) is 8.04. The number of benzene rings is 3. The topological polar surface area (TPSA) is 96.0 Å². The summed E-state index contributed by atoms with van der Waals surface area (Å²) in [7, 11) is -4.10. The molecule has 0 spiro atoms. The number of ether oxygens (including phenoxy) is 1. The van der Waals surface area contributed by atoms with Crippen LogP contribution in [0.5, 0.6) is 5.75 Å². The molecule has 3 aromatic rings. The minimum absolute atomic E-state index is 0.0608. The Morgan fingerprint density at radius 3 is 2.26 bits per heavy atom. The van der Waals surface area contributed by atoms with Gasteiger partial charge in [-0.15, -0.1) is 0 Å². The average Bonchev–Trinajstić information content (AvgIpc) is 2.94. The van der Waals surface area contributed by atoms with E-state index in [1.807, 2.05) is 45.0 Å². The normalized spacial score (nSPS) is 11.9. The summed E-state index contributed by atoms with van der Waals surface area (Å²) < 4.78 is 34.2. The van der Waals surface area contributed by atoms with Crippen molar-refractivity contribution < 1.29 is 22.7 Å². The first-order valence-corrected chi connectivity index (χ1v) is 14.5. The maximum atomic E-state index is 13.9. The van der Waals surface area contributed by atoms with Crippen LogP contribution in [0.1, 0.15) is 38.3 Å². The van der Waals surface area contributed by atoms with Crippen molar-refractivity contribution in [1.29, 1.82) is 0 Å². The van der Waals surface area contributed by atoms with E-state index in [4.69, 9.17) is 4.74 Å². The largest absolute Gasteiger partial charge is 0.494 e. The number of nitrogens with one attached hydrogen (secondary N) is 1. The summed E-state index contributed by atoms with van der Waals surface area (Å²) in [5.41, 5.74) is 2.18. The van der Waals surface area contributed by atoms with Crippen molar-refractivity contribution in [2.24, 2.45) is 0 Å². The van der Waals surface area contributed by atoms with E-state index in [1.165, 1.54) is 17.0 Å². The Morgan fingerprint density at radius 1 is 0.949 bits per heavy atom. The molecule has 3 rings (SSSR count). The summed E-state index contributed by atoms with van der Waals surface area (Å²) in [6, 6.07) is 21.4. The van der Waals surface area contributed by atoms with E-state index in [2.05, 4.69) is 5.32 Å². The summed E-state index contributed by atoms with van der Waals surface area (Å²) in [6.07, 6.45) is 0.755. The number of hydrogen-bond donors (Lipinski definition) is 1. The van der Waals surface area contributed by atoms with Crippen molar-refractivity contribution in [3.8, 4) is 5.75 Å². The zero-order chi connectivity index (χ0) is 28.4. The molecule has 0 aromatic heterocycles. The molecule has 1 atom stereocenters. The van der Waals surface area contributed by atoms with Crippen LogP contribution in [0.2, 0.25) is 0 Å². The molecular weight excluding hydrogens is 514 g/mol. The third-order valence-corrected chi connectivity index (χ3v) is 7.99. The van der Waals surface area contributed by atoms with Gasteiger partial charge >= 0.3 is 0 Å². The van der Waals surface area contributed by atoms with Gasteiger partial charge in [0.2, 0.25) is 11.8 Å². The maximum Gasteiger partial charge on any atom is 0.264 e. The predicted octanol–water partition coefficient (Wildman–Crippen LogP) is 4.53. The second kappa shape index (κ2) is 13.8. The van der Waals surface area contributed by atoms with Gasteiger partial charge in [0.05, 0.1) is 17.2 Å². The predicted molar refractivity (Wildman–Crippen MR) is 153 cm³/mol. The Balaban J connectivity index is 2.01. The van der Waals surface area contributed by atoms with Crippen LogP contribution in [0.4, 0.5) is 5.69 Å². The molecule has 2 amide bonds. The molecule has 0 fully saturated rings. The van der Waals surface area contributed by atoms with Crippen molar-refractivity contribution in [3.05, 3.63) is 90.0 Å². The number of sulfonamides is 1. The van der Waals surface area contributed by atoms with Crippen molar-refractivity contribution >= 4 is 27.5 Å². The molecule has 1 N–H and O–H groups in total. The molecule has 0 aliphatic rings. The molecule has 0 aliphatic heterocycles. The maximum absolute atomic E-state index is 13.9. The molecule has 0 saturated heterocycles. The fraction of sp³-hybridized carbons (Fsp3) is 0.333. The first-order chi connectivity index (χ1) is 18.7. The third-order valence-electron chi connectivity index (χ3n) is 6.20. The SMILES string of the molecule is CCCNC(=O)[C@H](C)N(Cc1cccc(C)c1)C(=O)CN(c1ccc(OCC)cc1)S(=O)(=O)c1ccccc1. The number of anilines is 1. The van der Waals surface area contributed by atoms with Gasteiger partial charge < -0.3 is 15.0 Å². The highest BCUT2D eigenvalue weighted by Crippen LogP contribution is 2.26. The van der Waals surface area contributed by atoms with Gasteiger partial charge in [-0.1, -0.05) is 55.0 Å². The lowest BCUT2D eigenvalue weighted by Crippen LogP contribution is -2.51. The van der Waals surface area contributed by atoms with Crippen molar-refractivity contribution in [1.82, 2.24) is 10.2 Å². The highest BCUT2D eigenvalue weighted by molar-refractivity contribution is 7.92. The third kappa shape index (κ3) is 7.83. The molecular formula is C30H37N3O5S. The van der Waals surface area contributed by atoms with Crippen LogP contribution in [0.3, 0.4) is 0 Å². The van der Waals surface area contributed by atoms with Gasteiger partial charge in [-0.25, -0.2) is 8.42 Å². The number of hydrogen-bond acceptors (Lipinski definition) is 5. The molecule has 0 radical (unpaired) electrons. The van der Waals surface area contributed by atoms with E-state index in [1.54, 1.807) is 49.4 Å². The molecule has 0 unspecified atom stereocenters. The van der Waals surface area contributed by atoms with Crippen LogP contribution in [-0.2, 0) is 26.2 Å². The quantitative estimate of drug-likeness (QED) is 0.337. The van der Waals surface area contributed by atoms with Crippen LogP contribution in [0.25, 0.3) is 0 Å². The standard InChI is InChI=1S/C30H37N3O5S/c1-5-19-31-30(35)24(4)32(21-25-12-10-11-23(3)20-25)29(34)22-33(26-15-17-27(18-16-26)38-6-2)39(36,37)28-13-8-7-9-14-28/h7-18,20,24H,5-6,19,21-22H2,1-4H3,(H,31,35)/t24-/m0/s1. The molecule has 0 saturated carbocycles. The minimum atomic E-state index is -4.10. The lowest BCUT2D eigenvalue weighted by atomic mass is 10.1. The molecule has 208 valence electrons. The van der Waals surface area contributed by atoms with E-state index >= 15 is 0 Å². The summed E-state index contributed by atoms with van der Waals surface area (Å²) in [5, 5.41) is 2.85. The number of aryl methyl sites for hydroxylation is 1. The van der Waals surface area contributed by atoms with Crippen LogP contribution in [0.15, 0.2) is 83.8 Å². The summed E-state index contributed by atoms with van der Waals surface area (Å²) in [4.78, 5) is 28.3. The first-order valence-electron chi connectivity index (χ1n) is 13.1. The minimum Gasteiger partial charge on any atom is -0.494 e. The van der Waals surface area contributed by atoms with Gasteiger partial charge in [0, 0.05) is 13.1 Å². The highest BCUT2D eigenvalue weighted by Gasteiger charge is 2.32. The first kappa shape index (κ1) is 29.7. The zero-order valence-electron chi connectivity index (χ0n) is 23.0. The second-order valence-corrected chi connectivity index (χ2v) is 11.1. The second-order valence-electron chi connectivity index (χ2n) is 9.23. The van der Waals surface area contributed by atoms with E-state index in [0.29, 0.717) is 24.6 Å². The van der Waals surface area contributed by atoms with Crippen LogP contribution < -0.4 is 14.4 Å². The fourth-order valence-corrected chi connectivity index (χ4v) is 5.54. The van der Waals surface area contributed by atoms with Crippen molar-refractivity contribution in [2.45, 2.75) is 51.6 Å². The zero-order valence-corrected chi connectivity index (χ0v) is 23.8. The van der Waals surface area contributed by atoms with E-state index in [9.17, 15) is 18.0 Å². The monoisotopic (exact) mass is 551 g/mol. The summed E-state index contributed by atoms with van der Waals surface area (Å²) in [5.74, 6) is -0.202. The number of carbonyl (C=O) groups excluding carboxylic acids is 2. The molecule has 0 aliphatic carbocycles.